The monoisotopic (exact) mass is 320 g/mol. The van der Waals surface area contributed by atoms with Gasteiger partial charge in [-0.15, -0.1) is 0 Å². The average molecular weight is 320 g/mol. The van der Waals surface area contributed by atoms with Crippen LogP contribution in [0.3, 0.4) is 0 Å². The zero-order chi connectivity index (χ0) is 15.5. The Morgan fingerprint density at radius 3 is 2.65 bits per heavy atom. The molecular weight excluding hydrogens is 303 g/mol. The number of sulfonamides is 1. The quantitative estimate of drug-likeness (QED) is 0.795. The van der Waals surface area contributed by atoms with E-state index in [1.54, 1.807) is 6.92 Å². The van der Waals surface area contributed by atoms with Crippen LogP contribution in [0.1, 0.15) is 12.5 Å². The second kappa shape index (κ2) is 6.57. The fraction of sp³-hybridized carbons (Fsp3) is 0.417. The Bertz CT molecular complexity index is 605. The van der Waals surface area contributed by atoms with E-state index in [0.29, 0.717) is 0 Å². The van der Waals surface area contributed by atoms with Crippen molar-refractivity contribution in [1.29, 1.82) is 0 Å². The zero-order valence-electron chi connectivity index (χ0n) is 11.5. The maximum atomic E-state index is 13.8. The van der Waals surface area contributed by atoms with E-state index in [1.165, 1.54) is 26.3 Å². The van der Waals surface area contributed by atoms with Crippen molar-refractivity contribution in [2.45, 2.75) is 17.9 Å². The van der Waals surface area contributed by atoms with Crippen molar-refractivity contribution >= 4 is 27.2 Å². The first kappa shape index (κ1) is 17.0. The molecule has 1 rings (SSSR count). The van der Waals surface area contributed by atoms with Crippen molar-refractivity contribution in [3.05, 3.63) is 29.6 Å². The number of nitrogens with two attached hydrogens (primary N) is 1. The lowest BCUT2D eigenvalue weighted by molar-refractivity contribution is 0.149. The van der Waals surface area contributed by atoms with Gasteiger partial charge in [0.25, 0.3) is 0 Å². The molecule has 0 amide bonds. The highest BCUT2D eigenvalue weighted by Gasteiger charge is 2.29. The second-order valence-electron chi connectivity index (χ2n) is 4.30. The summed E-state index contributed by atoms with van der Waals surface area (Å²) < 4.78 is 44.8. The summed E-state index contributed by atoms with van der Waals surface area (Å²) in [7, 11) is -1.04. The van der Waals surface area contributed by atoms with E-state index in [0.717, 1.165) is 10.4 Å². The summed E-state index contributed by atoms with van der Waals surface area (Å²) in [6.45, 7) is 1.90. The average Bonchev–Trinajstić information content (AvgIpc) is 2.37. The zero-order valence-corrected chi connectivity index (χ0v) is 13.1. The minimum Gasteiger partial charge on any atom is -0.389 e. The largest absolute Gasteiger partial charge is 0.389 e. The smallest absolute Gasteiger partial charge is 0.243 e. The number of likely N-dealkylation sites (N-methyl/N-ethyl adjacent to an activating group) is 1. The number of nitrogens with zero attached hydrogens (tertiary/aromatic N) is 1. The first-order valence-electron chi connectivity index (χ1n) is 5.78. The molecule has 0 aliphatic rings. The SMILES string of the molecule is COCC(C)N(C)S(=O)(=O)c1cccc(F)c1C(N)=S. The van der Waals surface area contributed by atoms with E-state index in [-0.39, 0.29) is 22.1 Å². The van der Waals surface area contributed by atoms with Crippen molar-refractivity contribution in [2.24, 2.45) is 5.73 Å². The van der Waals surface area contributed by atoms with E-state index < -0.39 is 21.9 Å². The summed E-state index contributed by atoms with van der Waals surface area (Å²) in [4.78, 5) is -0.537. The van der Waals surface area contributed by atoms with Crippen LogP contribution in [0.5, 0.6) is 0 Å². The summed E-state index contributed by atoms with van der Waals surface area (Å²) in [5, 5.41) is 0. The van der Waals surface area contributed by atoms with Crippen LogP contribution >= 0.6 is 12.2 Å². The van der Waals surface area contributed by atoms with Gasteiger partial charge in [0.05, 0.1) is 17.1 Å². The van der Waals surface area contributed by atoms with E-state index in [4.69, 9.17) is 22.7 Å². The first-order chi connectivity index (χ1) is 9.23. The molecule has 5 nitrogen and oxygen atoms in total. The minimum atomic E-state index is -3.91. The Morgan fingerprint density at radius 1 is 1.55 bits per heavy atom. The minimum absolute atomic E-state index is 0.216. The predicted molar refractivity (Wildman–Crippen MR) is 78.6 cm³/mol. The third kappa shape index (κ3) is 3.32. The van der Waals surface area contributed by atoms with Crippen molar-refractivity contribution in [2.75, 3.05) is 20.8 Å². The summed E-state index contributed by atoms with van der Waals surface area (Å²) in [6, 6.07) is 3.29. The number of benzene rings is 1. The molecule has 1 aromatic rings. The predicted octanol–water partition coefficient (Wildman–Crippen LogP) is 1.12. The lowest BCUT2D eigenvalue weighted by atomic mass is 10.2. The molecule has 0 aliphatic heterocycles. The number of hydrogen-bond donors (Lipinski definition) is 1. The third-order valence-electron chi connectivity index (χ3n) is 2.91. The van der Waals surface area contributed by atoms with Crippen molar-refractivity contribution in [3.8, 4) is 0 Å². The molecule has 0 aromatic heterocycles. The lowest BCUT2D eigenvalue weighted by Crippen LogP contribution is -2.38. The van der Waals surface area contributed by atoms with Crippen molar-refractivity contribution < 1.29 is 17.5 Å². The number of ether oxygens (including phenoxy) is 1. The topological polar surface area (TPSA) is 72.6 Å². The summed E-state index contributed by atoms with van der Waals surface area (Å²) >= 11 is 4.74. The van der Waals surface area contributed by atoms with Crippen LogP contribution in [0.2, 0.25) is 0 Å². The van der Waals surface area contributed by atoms with Crippen molar-refractivity contribution in [3.63, 3.8) is 0 Å². The van der Waals surface area contributed by atoms with Gasteiger partial charge in [-0.3, -0.25) is 0 Å². The van der Waals surface area contributed by atoms with Gasteiger partial charge >= 0.3 is 0 Å². The Hall–Kier alpha value is -1.09. The van der Waals surface area contributed by atoms with E-state index >= 15 is 0 Å². The number of methoxy groups -OCH3 is 1. The fourth-order valence-corrected chi connectivity index (χ4v) is 3.53. The standard InChI is InChI=1S/C12H17FN2O3S2/c1-8(7-18-3)15(2)20(16,17)10-6-4-5-9(13)11(10)12(14)19/h4-6,8H,7H2,1-3H3,(H2,14,19). The molecular formula is C12H17FN2O3S2. The van der Waals surface area contributed by atoms with Gasteiger partial charge in [-0.2, -0.15) is 4.31 Å². The Kier molecular flexibility index (Phi) is 5.58. The lowest BCUT2D eigenvalue weighted by Gasteiger charge is -2.24. The van der Waals surface area contributed by atoms with Crippen LogP contribution in [0.4, 0.5) is 4.39 Å². The maximum Gasteiger partial charge on any atom is 0.243 e. The molecule has 8 heteroatoms. The Morgan fingerprint density at radius 2 is 2.15 bits per heavy atom. The van der Waals surface area contributed by atoms with Crippen LogP contribution in [0, 0.1) is 5.82 Å². The molecule has 0 spiro atoms. The molecule has 0 aliphatic carbocycles. The van der Waals surface area contributed by atoms with Gasteiger partial charge in [0.1, 0.15) is 10.8 Å². The van der Waals surface area contributed by atoms with E-state index in [9.17, 15) is 12.8 Å². The highest BCUT2D eigenvalue weighted by Crippen LogP contribution is 2.23. The summed E-state index contributed by atoms with van der Waals surface area (Å²) in [5.41, 5.74) is 5.17. The van der Waals surface area contributed by atoms with Crippen LogP contribution in [-0.4, -0.2) is 44.5 Å². The number of rotatable bonds is 6. The number of thiocarbonyl (C=S) groups is 1. The normalized spacial score (nSPS) is 13.4. The van der Waals surface area contributed by atoms with Crippen LogP contribution in [0.25, 0.3) is 0 Å². The molecule has 0 heterocycles. The molecule has 0 saturated heterocycles. The number of halogens is 1. The van der Waals surface area contributed by atoms with Gasteiger partial charge in [0.15, 0.2) is 0 Å². The molecule has 0 fully saturated rings. The van der Waals surface area contributed by atoms with Gasteiger partial charge in [-0.1, -0.05) is 18.3 Å². The molecule has 0 saturated carbocycles. The van der Waals surface area contributed by atoms with Crippen molar-refractivity contribution in [1.82, 2.24) is 4.31 Å². The third-order valence-corrected chi connectivity index (χ3v) is 5.13. The molecule has 2 N–H and O–H groups in total. The summed E-state index contributed by atoms with van der Waals surface area (Å²) in [6.07, 6.45) is 0. The second-order valence-corrected chi connectivity index (χ2v) is 6.71. The molecule has 0 radical (unpaired) electrons. The first-order valence-corrected chi connectivity index (χ1v) is 7.63. The van der Waals surface area contributed by atoms with Gasteiger partial charge in [0.2, 0.25) is 10.0 Å². The molecule has 1 atom stereocenters. The molecule has 1 unspecified atom stereocenters. The molecule has 20 heavy (non-hydrogen) atoms. The molecule has 0 bridgehead atoms. The Balaban J connectivity index is 3.36. The van der Waals surface area contributed by atoms with Gasteiger partial charge in [-0.25, -0.2) is 12.8 Å². The molecule has 1 aromatic carbocycles. The van der Waals surface area contributed by atoms with Gasteiger partial charge in [-0.05, 0) is 19.1 Å². The van der Waals surface area contributed by atoms with Crippen LogP contribution in [-0.2, 0) is 14.8 Å². The summed E-state index contributed by atoms with van der Waals surface area (Å²) in [5.74, 6) is -0.758. The van der Waals surface area contributed by atoms with Gasteiger partial charge in [0, 0.05) is 20.2 Å². The Labute approximate surface area is 123 Å². The number of hydrogen-bond acceptors (Lipinski definition) is 4. The van der Waals surface area contributed by atoms with Crippen LogP contribution in [0.15, 0.2) is 23.1 Å². The molecule has 112 valence electrons. The fourth-order valence-electron chi connectivity index (χ4n) is 1.70. The maximum absolute atomic E-state index is 13.8. The van der Waals surface area contributed by atoms with Crippen LogP contribution < -0.4 is 5.73 Å². The van der Waals surface area contributed by atoms with E-state index in [1.807, 2.05) is 0 Å². The highest BCUT2D eigenvalue weighted by molar-refractivity contribution is 7.89. The van der Waals surface area contributed by atoms with Gasteiger partial charge < -0.3 is 10.5 Å². The van der Waals surface area contributed by atoms with E-state index in [2.05, 4.69) is 0 Å². The highest BCUT2D eigenvalue weighted by atomic mass is 32.2.